The molecular weight excluding hydrogens is 242 g/mol. The maximum absolute atomic E-state index is 12.4. The van der Waals surface area contributed by atoms with Crippen molar-refractivity contribution >= 4 is 11.9 Å². The van der Waals surface area contributed by atoms with Crippen LogP contribution in [0.1, 0.15) is 44.9 Å². The van der Waals surface area contributed by atoms with Crippen molar-refractivity contribution < 1.29 is 9.59 Å². The first-order chi connectivity index (χ1) is 9.25. The monoisotopic (exact) mass is 265 g/mol. The molecule has 2 heterocycles. The predicted molar refractivity (Wildman–Crippen MR) is 71.6 cm³/mol. The Morgan fingerprint density at radius 1 is 1.16 bits per heavy atom. The summed E-state index contributed by atoms with van der Waals surface area (Å²) in [6.45, 7) is 1.41. The summed E-state index contributed by atoms with van der Waals surface area (Å²) in [6, 6.07) is 0.453. The Morgan fingerprint density at radius 3 is 2.74 bits per heavy atom. The second-order valence-corrected chi connectivity index (χ2v) is 6.04. The Labute approximate surface area is 114 Å². The first-order valence-corrected chi connectivity index (χ1v) is 7.60. The van der Waals surface area contributed by atoms with Gasteiger partial charge >= 0.3 is 6.03 Å². The quantitative estimate of drug-likeness (QED) is 0.749. The lowest BCUT2D eigenvalue weighted by Crippen LogP contribution is -2.54. The van der Waals surface area contributed by atoms with Crippen LogP contribution in [0.4, 0.5) is 4.79 Å². The number of amides is 3. The zero-order valence-electron chi connectivity index (χ0n) is 11.4. The van der Waals surface area contributed by atoms with E-state index in [1.54, 1.807) is 0 Å². The highest BCUT2D eigenvalue weighted by molar-refractivity contribution is 5.84. The van der Waals surface area contributed by atoms with Gasteiger partial charge in [-0.05, 0) is 25.7 Å². The highest BCUT2D eigenvalue weighted by Crippen LogP contribution is 2.27. The van der Waals surface area contributed by atoms with Crippen LogP contribution in [-0.4, -0.2) is 42.0 Å². The molecule has 3 amide bonds. The molecule has 5 nitrogen and oxygen atoms in total. The highest BCUT2D eigenvalue weighted by Gasteiger charge is 2.42. The number of nitrogens with one attached hydrogen (secondary N) is 2. The van der Waals surface area contributed by atoms with Crippen molar-refractivity contribution in [2.75, 3.05) is 13.1 Å². The van der Waals surface area contributed by atoms with Gasteiger partial charge in [-0.25, -0.2) is 4.79 Å². The predicted octanol–water partition coefficient (Wildman–Crippen LogP) is 1.24. The Balaban J connectivity index is 1.60. The average molecular weight is 265 g/mol. The summed E-state index contributed by atoms with van der Waals surface area (Å²) < 4.78 is 0. The maximum atomic E-state index is 12.4. The Hall–Kier alpha value is -1.26. The van der Waals surface area contributed by atoms with Crippen molar-refractivity contribution in [3.05, 3.63) is 0 Å². The number of carbonyl (C=O) groups excluding carboxylic acids is 2. The van der Waals surface area contributed by atoms with Crippen LogP contribution >= 0.6 is 0 Å². The Kier molecular flexibility index (Phi) is 3.62. The summed E-state index contributed by atoms with van der Waals surface area (Å²) in [7, 11) is 0. The summed E-state index contributed by atoms with van der Waals surface area (Å²) in [5, 5.41) is 6.05. The van der Waals surface area contributed by atoms with E-state index >= 15 is 0 Å². The molecule has 3 fully saturated rings. The van der Waals surface area contributed by atoms with Gasteiger partial charge < -0.3 is 15.5 Å². The molecule has 3 aliphatic rings. The standard InChI is InChI=1S/C14H23N3O2/c18-13-11-7-4-8-17(12(11)9-15-13)14(19)16-10-5-2-1-3-6-10/h10-12H,1-9H2,(H,15,18)(H,16,19). The zero-order chi connectivity index (χ0) is 13.2. The first-order valence-electron chi connectivity index (χ1n) is 7.60. The molecule has 1 aliphatic carbocycles. The maximum Gasteiger partial charge on any atom is 0.317 e. The number of likely N-dealkylation sites (tertiary alicyclic amines) is 1. The van der Waals surface area contributed by atoms with Gasteiger partial charge in [0.05, 0.1) is 12.0 Å². The summed E-state index contributed by atoms with van der Waals surface area (Å²) in [6.07, 6.45) is 7.79. The number of hydrogen-bond donors (Lipinski definition) is 2. The zero-order valence-corrected chi connectivity index (χ0v) is 11.4. The third kappa shape index (κ3) is 2.55. The molecule has 5 heteroatoms. The third-order valence-corrected chi connectivity index (χ3v) is 4.79. The number of carbonyl (C=O) groups is 2. The Bertz CT molecular complexity index is 366. The van der Waals surface area contributed by atoms with Gasteiger partial charge in [0, 0.05) is 19.1 Å². The molecule has 2 atom stereocenters. The average Bonchev–Trinajstić information content (AvgIpc) is 2.82. The second kappa shape index (κ2) is 5.39. The van der Waals surface area contributed by atoms with Crippen LogP contribution in [0, 0.1) is 5.92 Å². The molecule has 2 aliphatic heterocycles. The molecular formula is C14H23N3O2. The van der Waals surface area contributed by atoms with Crippen LogP contribution in [0.25, 0.3) is 0 Å². The number of hydrogen-bond acceptors (Lipinski definition) is 2. The SMILES string of the molecule is O=C1NCC2C1CCCN2C(=O)NC1CCCCC1. The van der Waals surface area contributed by atoms with Crippen LogP contribution in [-0.2, 0) is 4.79 Å². The molecule has 1 saturated carbocycles. The number of rotatable bonds is 1. The Morgan fingerprint density at radius 2 is 1.95 bits per heavy atom. The van der Waals surface area contributed by atoms with Gasteiger partial charge in [0.15, 0.2) is 0 Å². The van der Waals surface area contributed by atoms with Crippen LogP contribution < -0.4 is 10.6 Å². The lowest BCUT2D eigenvalue weighted by atomic mass is 9.91. The molecule has 0 bridgehead atoms. The van der Waals surface area contributed by atoms with Gasteiger partial charge in [0.25, 0.3) is 0 Å². The van der Waals surface area contributed by atoms with E-state index in [9.17, 15) is 9.59 Å². The van der Waals surface area contributed by atoms with Gasteiger partial charge in [-0.3, -0.25) is 4.79 Å². The topological polar surface area (TPSA) is 61.4 Å². The first kappa shape index (κ1) is 12.8. The van der Waals surface area contributed by atoms with Gasteiger partial charge in [-0.1, -0.05) is 19.3 Å². The molecule has 0 radical (unpaired) electrons. The van der Waals surface area contributed by atoms with Crippen molar-refractivity contribution in [1.29, 1.82) is 0 Å². The summed E-state index contributed by atoms with van der Waals surface area (Å²) in [5.41, 5.74) is 0. The molecule has 19 heavy (non-hydrogen) atoms. The normalized spacial score (nSPS) is 31.8. The smallest absolute Gasteiger partial charge is 0.317 e. The van der Waals surface area contributed by atoms with E-state index in [2.05, 4.69) is 10.6 Å². The molecule has 2 saturated heterocycles. The van der Waals surface area contributed by atoms with E-state index < -0.39 is 0 Å². The van der Waals surface area contributed by atoms with E-state index in [0.29, 0.717) is 12.6 Å². The van der Waals surface area contributed by atoms with Gasteiger partial charge in [0.1, 0.15) is 0 Å². The van der Waals surface area contributed by atoms with Gasteiger partial charge in [-0.2, -0.15) is 0 Å². The summed E-state index contributed by atoms with van der Waals surface area (Å²) in [4.78, 5) is 26.0. The van der Waals surface area contributed by atoms with E-state index in [-0.39, 0.29) is 23.9 Å². The van der Waals surface area contributed by atoms with Gasteiger partial charge in [0.2, 0.25) is 5.91 Å². The van der Waals surface area contributed by atoms with Crippen molar-refractivity contribution in [1.82, 2.24) is 15.5 Å². The number of fused-ring (bicyclic) bond motifs is 1. The molecule has 0 aromatic carbocycles. The van der Waals surface area contributed by atoms with E-state index in [4.69, 9.17) is 0 Å². The number of piperidine rings is 1. The molecule has 0 aromatic rings. The van der Waals surface area contributed by atoms with Crippen LogP contribution in [0.15, 0.2) is 0 Å². The van der Waals surface area contributed by atoms with Crippen molar-refractivity contribution in [3.63, 3.8) is 0 Å². The minimum Gasteiger partial charge on any atom is -0.354 e. The number of nitrogens with zero attached hydrogens (tertiary/aromatic N) is 1. The van der Waals surface area contributed by atoms with Crippen LogP contribution in [0.3, 0.4) is 0 Å². The highest BCUT2D eigenvalue weighted by atomic mass is 16.2. The second-order valence-electron chi connectivity index (χ2n) is 6.04. The molecule has 2 unspecified atom stereocenters. The largest absolute Gasteiger partial charge is 0.354 e. The van der Waals surface area contributed by atoms with Crippen molar-refractivity contribution in [2.24, 2.45) is 5.92 Å². The van der Waals surface area contributed by atoms with E-state index in [0.717, 1.165) is 32.2 Å². The van der Waals surface area contributed by atoms with Gasteiger partial charge in [-0.15, -0.1) is 0 Å². The minimum atomic E-state index is 0.0193. The number of urea groups is 1. The lowest BCUT2D eigenvalue weighted by molar-refractivity contribution is -0.123. The van der Waals surface area contributed by atoms with E-state index in [1.807, 2.05) is 4.90 Å². The fourth-order valence-electron chi connectivity index (χ4n) is 3.71. The van der Waals surface area contributed by atoms with E-state index in [1.165, 1.54) is 19.3 Å². The fraction of sp³-hybridized carbons (Fsp3) is 0.857. The third-order valence-electron chi connectivity index (χ3n) is 4.79. The molecule has 0 aromatic heterocycles. The minimum absolute atomic E-state index is 0.0193. The lowest BCUT2D eigenvalue weighted by Gasteiger charge is -2.37. The molecule has 3 rings (SSSR count). The van der Waals surface area contributed by atoms with Crippen LogP contribution in [0.5, 0.6) is 0 Å². The molecule has 2 N–H and O–H groups in total. The van der Waals surface area contributed by atoms with Crippen molar-refractivity contribution in [2.45, 2.75) is 57.0 Å². The molecule has 106 valence electrons. The summed E-state index contributed by atoms with van der Waals surface area (Å²) >= 11 is 0. The van der Waals surface area contributed by atoms with Crippen LogP contribution in [0.2, 0.25) is 0 Å². The summed E-state index contributed by atoms with van der Waals surface area (Å²) in [5.74, 6) is 0.144. The van der Waals surface area contributed by atoms with Crippen molar-refractivity contribution in [3.8, 4) is 0 Å². The molecule has 0 spiro atoms. The fourth-order valence-corrected chi connectivity index (χ4v) is 3.71.